The zero-order chi connectivity index (χ0) is 21.7. The van der Waals surface area contributed by atoms with Gasteiger partial charge < -0.3 is 20.1 Å². The molecule has 3 rings (SSSR count). The maximum atomic E-state index is 5.62. The summed E-state index contributed by atoms with van der Waals surface area (Å²) in [5.74, 6) is 1.55. The number of fused-ring (bicyclic) bond motifs is 1. The smallest absolute Gasteiger partial charge is 0.166 e. The minimum absolute atomic E-state index is 0.124. The molecule has 0 aromatic heterocycles. The summed E-state index contributed by atoms with van der Waals surface area (Å²) in [6.07, 6.45) is 0.975. The largest absolute Gasteiger partial charge is 0.493 e. The number of benzene rings is 2. The molecule has 1 aliphatic rings. The van der Waals surface area contributed by atoms with Crippen LogP contribution in [-0.4, -0.2) is 43.4 Å². The third-order valence-electron chi connectivity index (χ3n) is 5.66. The van der Waals surface area contributed by atoms with E-state index < -0.39 is 0 Å². The first kappa shape index (κ1) is 22.4. The van der Waals surface area contributed by atoms with Gasteiger partial charge in [-0.15, -0.1) is 0 Å². The number of methoxy groups -OCH3 is 2. The lowest BCUT2D eigenvalue weighted by molar-refractivity contribution is 0.149. The van der Waals surface area contributed by atoms with E-state index >= 15 is 0 Å². The Balaban J connectivity index is 1.97. The van der Waals surface area contributed by atoms with Gasteiger partial charge in [-0.05, 0) is 68.2 Å². The molecule has 5 nitrogen and oxygen atoms in total. The van der Waals surface area contributed by atoms with Crippen molar-refractivity contribution in [3.05, 3.63) is 58.7 Å². The van der Waals surface area contributed by atoms with Crippen molar-refractivity contribution >= 4 is 17.3 Å². The van der Waals surface area contributed by atoms with Gasteiger partial charge in [-0.3, -0.25) is 4.90 Å². The van der Waals surface area contributed by atoms with E-state index in [1.807, 2.05) is 0 Å². The molecule has 0 radical (unpaired) electrons. The predicted octanol–water partition coefficient (Wildman–Crippen LogP) is 3.98. The molecule has 2 aromatic rings. The molecule has 6 heteroatoms. The number of ether oxygens (including phenoxy) is 2. The van der Waals surface area contributed by atoms with E-state index in [0.717, 1.165) is 37.6 Å². The Hall–Kier alpha value is -2.31. The van der Waals surface area contributed by atoms with E-state index in [1.54, 1.807) is 14.2 Å². The fourth-order valence-electron chi connectivity index (χ4n) is 4.33. The average molecular weight is 428 g/mol. The molecule has 30 heavy (non-hydrogen) atoms. The monoisotopic (exact) mass is 427 g/mol. The molecular weight excluding hydrogens is 394 g/mol. The van der Waals surface area contributed by atoms with Crippen molar-refractivity contribution in [3.8, 4) is 11.5 Å². The highest BCUT2D eigenvalue weighted by Gasteiger charge is 2.33. The van der Waals surface area contributed by atoms with Crippen LogP contribution in [-0.2, 0) is 13.0 Å². The average Bonchev–Trinajstić information content (AvgIpc) is 2.72. The van der Waals surface area contributed by atoms with Crippen molar-refractivity contribution in [2.75, 3.05) is 27.3 Å². The van der Waals surface area contributed by atoms with Crippen molar-refractivity contribution in [3.63, 3.8) is 0 Å². The van der Waals surface area contributed by atoms with Crippen molar-refractivity contribution in [1.29, 1.82) is 0 Å². The van der Waals surface area contributed by atoms with Crippen LogP contribution in [0.3, 0.4) is 0 Å². The Kier molecular flexibility index (Phi) is 7.56. The molecule has 1 heterocycles. The molecule has 0 unspecified atom stereocenters. The first-order chi connectivity index (χ1) is 14.5. The van der Waals surface area contributed by atoms with E-state index in [9.17, 15) is 0 Å². The summed E-state index contributed by atoms with van der Waals surface area (Å²) in [5.41, 5.74) is 5.18. The zero-order valence-corrected chi connectivity index (χ0v) is 19.4. The van der Waals surface area contributed by atoms with Crippen LogP contribution in [0, 0.1) is 6.92 Å². The van der Waals surface area contributed by atoms with Gasteiger partial charge in [0.1, 0.15) is 0 Å². The molecule has 0 amide bonds. The fraction of sp³-hybridized carbons (Fsp3) is 0.458. The first-order valence-electron chi connectivity index (χ1n) is 10.6. The predicted molar refractivity (Wildman–Crippen MR) is 126 cm³/mol. The number of nitrogens with zero attached hydrogens (tertiary/aromatic N) is 1. The third-order valence-corrected chi connectivity index (χ3v) is 5.93. The lowest BCUT2D eigenvalue weighted by Crippen LogP contribution is -2.49. The van der Waals surface area contributed by atoms with Crippen LogP contribution < -0.4 is 20.1 Å². The molecule has 162 valence electrons. The molecule has 0 spiro atoms. The Morgan fingerprint density at radius 1 is 1.20 bits per heavy atom. The molecule has 2 atom stereocenters. The topological polar surface area (TPSA) is 45.8 Å². The van der Waals surface area contributed by atoms with Crippen LogP contribution in [0.1, 0.15) is 42.1 Å². The van der Waals surface area contributed by atoms with Gasteiger partial charge in [-0.25, -0.2) is 0 Å². The van der Waals surface area contributed by atoms with Crippen LogP contribution in [0.5, 0.6) is 11.5 Å². The molecule has 0 saturated carbocycles. The fourth-order valence-corrected chi connectivity index (χ4v) is 4.66. The van der Waals surface area contributed by atoms with Gasteiger partial charge in [0.05, 0.1) is 20.3 Å². The third kappa shape index (κ3) is 5.05. The molecule has 0 fully saturated rings. The number of hydrogen-bond acceptors (Lipinski definition) is 4. The molecule has 0 bridgehead atoms. The summed E-state index contributed by atoms with van der Waals surface area (Å²) in [4.78, 5) is 2.54. The highest BCUT2D eigenvalue weighted by molar-refractivity contribution is 7.80. The molecule has 1 aliphatic heterocycles. The number of aryl methyl sites for hydroxylation is 1. The van der Waals surface area contributed by atoms with Crippen LogP contribution in [0.15, 0.2) is 36.4 Å². The molecule has 0 aliphatic carbocycles. The summed E-state index contributed by atoms with van der Waals surface area (Å²) in [6, 6.07) is 13.3. The van der Waals surface area contributed by atoms with Crippen LogP contribution in [0.4, 0.5) is 0 Å². The Bertz CT molecular complexity index is 887. The second-order valence-corrected chi connectivity index (χ2v) is 8.26. The van der Waals surface area contributed by atoms with Crippen LogP contribution in [0.25, 0.3) is 0 Å². The minimum Gasteiger partial charge on any atom is -0.493 e. The summed E-state index contributed by atoms with van der Waals surface area (Å²) in [7, 11) is 3.38. The quantitative estimate of drug-likeness (QED) is 0.652. The van der Waals surface area contributed by atoms with Gasteiger partial charge in [-0.1, -0.05) is 29.8 Å². The van der Waals surface area contributed by atoms with Gasteiger partial charge in [-0.2, -0.15) is 0 Å². The number of hydrogen-bond donors (Lipinski definition) is 2. The summed E-state index contributed by atoms with van der Waals surface area (Å²) in [6.45, 7) is 9.06. The molecule has 0 saturated heterocycles. The van der Waals surface area contributed by atoms with Crippen molar-refractivity contribution in [1.82, 2.24) is 15.5 Å². The summed E-state index contributed by atoms with van der Waals surface area (Å²) >= 11 is 5.49. The summed E-state index contributed by atoms with van der Waals surface area (Å²) in [5, 5.41) is 7.39. The van der Waals surface area contributed by atoms with Gasteiger partial charge in [0, 0.05) is 25.7 Å². The zero-order valence-electron chi connectivity index (χ0n) is 18.6. The van der Waals surface area contributed by atoms with Crippen molar-refractivity contribution in [2.24, 2.45) is 0 Å². The highest BCUT2D eigenvalue weighted by atomic mass is 32.1. The Morgan fingerprint density at radius 2 is 1.93 bits per heavy atom. The maximum Gasteiger partial charge on any atom is 0.166 e. The van der Waals surface area contributed by atoms with Crippen molar-refractivity contribution < 1.29 is 9.47 Å². The normalized spacial score (nSPS) is 17.0. The second-order valence-electron chi connectivity index (χ2n) is 7.85. The molecule has 2 N–H and O–H groups in total. The van der Waals surface area contributed by atoms with E-state index in [1.165, 1.54) is 22.3 Å². The van der Waals surface area contributed by atoms with Gasteiger partial charge in [0.25, 0.3) is 0 Å². The number of thiocarbonyl (C=S) groups is 1. The van der Waals surface area contributed by atoms with Gasteiger partial charge >= 0.3 is 0 Å². The van der Waals surface area contributed by atoms with E-state index in [0.29, 0.717) is 5.11 Å². The SMILES string of the molecule is CCNC(=S)N[C@@H](C)[C@H]1c2cc(OC)c(OC)cc2CCN1Cc1cccc(C)c1. The van der Waals surface area contributed by atoms with Crippen molar-refractivity contribution in [2.45, 2.75) is 45.8 Å². The number of rotatable bonds is 7. The lowest BCUT2D eigenvalue weighted by atomic mass is 9.87. The van der Waals surface area contributed by atoms with Crippen LogP contribution >= 0.6 is 12.2 Å². The van der Waals surface area contributed by atoms with Gasteiger partial charge in [0.15, 0.2) is 16.6 Å². The van der Waals surface area contributed by atoms with E-state index in [2.05, 4.69) is 72.7 Å². The first-order valence-corrected chi connectivity index (χ1v) is 11.0. The maximum absolute atomic E-state index is 5.62. The highest BCUT2D eigenvalue weighted by Crippen LogP contribution is 2.40. The standard InChI is InChI=1S/C24H33N3O2S/c1-6-25-24(30)26-17(3)23-20-14-22(29-5)21(28-4)13-19(20)10-11-27(23)15-18-9-7-8-16(2)12-18/h7-9,12-14,17,23H,6,10-11,15H2,1-5H3,(H2,25,26,30)/t17-,23-/m0/s1. The Labute approximate surface area is 185 Å². The van der Waals surface area contributed by atoms with E-state index in [-0.39, 0.29) is 12.1 Å². The second kappa shape index (κ2) is 10.1. The van der Waals surface area contributed by atoms with Gasteiger partial charge in [0.2, 0.25) is 0 Å². The lowest BCUT2D eigenvalue weighted by Gasteiger charge is -2.41. The van der Waals surface area contributed by atoms with Crippen LogP contribution in [0.2, 0.25) is 0 Å². The molecule has 2 aromatic carbocycles. The Morgan fingerprint density at radius 3 is 2.60 bits per heavy atom. The minimum atomic E-state index is 0.124. The number of nitrogens with one attached hydrogen (secondary N) is 2. The molecular formula is C24H33N3O2S. The summed E-state index contributed by atoms with van der Waals surface area (Å²) < 4.78 is 11.2. The van der Waals surface area contributed by atoms with E-state index in [4.69, 9.17) is 21.7 Å².